The highest BCUT2D eigenvalue weighted by atomic mass is 16.5. The van der Waals surface area contributed by atoms with Gasteiger partial charge in [-0.1, -0.05) is 0 Å². The number of ether oxygens (including phenoxy) is 1. The number of hydrogen-bond acceptors (Lipinski definition) is 6. The Kier molecular flexibility index (Phi) is 6.84. The standard InChI is InChI=1S/C9H15N5O.C5H10O2/c10-7-5-12-14-8(7)9(15)13-6-1-3-11-4-2-6;1-5(2,3)7-4-6/h5-6,11H,1-4,10H2,(H,12,14)(H,13,15);4H,1-3H3. The molecule has 0 spiro atoms. The molecule has 124 valence electrons. The molecule has 1 aromatic rings. The van der Waals surface area contributed by atoms with Crippen molar-refractivity contribution in [2.75, 3.05) is 18.8 Å². The molecular formula is C14H25N5O3. The number of rotatable bonds is 3. The number of hydrogen-bond donors (Lipinski definition) is 4. The summed E-state index contributed by atoms with van der Waals surface area (Å²) in [6.07, 6.45) is 3.42. The third-order valence-electron chi connectivity index (χ3n) is 2.96. The Bertz CT molecular complexity index is 475. The van der Waals surface area contributed by atoms with Crippen LogP contribution in [0, 0.1) is 0 Å². The molecule has 0 aliphatic carbocycles. The molecule has 2 rings (SSSR count). The largest absolute Gasteiger partial charge is 0.462 e. The lowest BCUT2D eigenvalue weighted by molar-refractivity contribution is -0.138. The first-order valence-electron chi connectivity index (χ1n) is 7.26. The predicted octanol–water partition coefficient (Wildman–Crippen LogP) is 0.432. The lowest BCUT2D eigenvalue weighted by Gasteiger charge is -2.23. The number of carbonyl (C=O) groups excluding carboxylic acids is 2. The number of nitrogen functional groups attached to an aromatic ring is 1. The van der Waals surface area contributed by atoms with Crippen LogP contribution in [0.1, 0.15) is 44.1 Å². The Balaban J connectivity index is 0.000000295. The van der Waals surface area contributed by atoms with E-state index in [4.69, 9.17) is 5.73 Å². The molecule has 8 heteroatoms. The van der Waals surface area contributed by atoms with E-state index >= 15 is 0 Å². The van der Waals surface area contributed by atoms with Gasteiger partial charge in [0, 0.05) is 12.2 Å². The van der Waals surface area contributed by atoms with Crippen LogP contribution in [0.5, 0.6) is 0 Å². The van der Waals surface area contributed by atoms with Crippen LogP contribution >= 0.6 is 0 Å². The van der Waals surface area contributed by atoms with Crippen molar-refractivity contribution in [1.29, 1.82) is 0 Å². The van der Waals surface area contributed by atoms with Crippen LogP contribution < -0.4 is 16.4 Å². The van der Waals surface area contributed by atoms with Crippen molar-refractivity contribution in [1.82, 2.24) is 20.8 Å². The molecule has 1 aliphatic heterocycles. The number of nitrogens with two attached hydrogens (primary N) is 1. The number of aromatic nitrogens is 2. The highest BCUT2D eigenvalue weighted by Crippen LogP contribution is 2.08. The normalized spacial score (nSPS) is 15.4. The molecule has 1 aliphatic rings. The van der Waals surface area contributed by atoms with Crippen LogP contribution in [0.15, 0.2) is 6.20 Å². The molecule has 22 heavy (non-hydrogen) atoms. The Morgan fingerprint density at radius 1 is 1.45 bits per heavy atom. The summed E-state index contributed by atoms with van der Waals surface area (Å²) in [5.74, 6) is -0.194. The molecular weight excluding hydrogens is 286 g/mol. The van der Waals surface area contributed by atoms with Crippen LogP contribution in [-0.4, -0.2) is 47.3 Å². The number of aromatic amines is 1. The monoisotopic (exact) mass is 311 g/mol. The summed E-state index contributed by atoms with van der Waals surface area (Å²) >= 11 is 0. The zero-order valence-electron chi connectivity index (χ0n) is 13.3. The highest BCUT2D eigenvalue weighted by Gasteiger charge is 2.19. The smallest absolute Gasteiger partial charge is 0.293 e. The second kappa shape index (κ2) is 8.38. The molecule has 1 amide bonds. The number of H-pyrrole nitrogens is 1. The minimum absolute atomic E-state index is 0.194. The summed E-state index contributed by atoms with van der Waals surface area (Å²) in [7, 11) is 0. The van der Waals surface area contributed by atoms with Crippen LogP contribution in [0.25, 0.3) is 0 Å². The maximum atomic E-state index is 11.7. The van der Waals surface area contributed by atoms with Crippen molar-refractivity contribution in [2.45, 2.75) is 45.3 Å². The number of carbonyl (C=O) groups is 2. The van der Waals surface area contributed by atoms with Crippen LogP contribution in [0.2, 0.25) is 0 Å². The third kappa shape index (κ3) is 6.57. The number of anilines is 1. The number of piperidine rings is 1. The average Bonchev–Trinajstić information content (AvgIpc) is 2.85. The van der Waals surface area contributed by atoms with Gasteiger partial charge in [-0.3, -0.25) is 14.7 Å². The fourth-order valence-electron chi connectivity index (χ4n) is 1.85. The fraction of sp³-hybridized carbons (Fsp3) is 0.643. The zero-order chi connectivity index (χ0) is 16.6. The topological polar surface area (TPSA) is 122 Å². The molecule has 0 bridgehead atoms. The minimum atomic E-state index is -0.318. The molecule has 1 fully saturated rings. The van der Waals surface area contributed by atoms with Crippen molar-refractivity contribution < 1.29 is 14.3 Å². The Morgan fingerprint density at radius 3 is 2.50 bits per heavy atom. The van der Waals surface area contributed by atoms with E-state index in [0.29, 0.717) is 12.2 Å². The van der Waals surface area contributed by atoms with Gasteiger partial charge in [0.2, 0.25) is 0 Å². The van der Waals surface area contributed by atoms with Crippen LogP contribution in [0.3, 0.4) is 0 Å². The molecule has 0 radical (unpaired) electrons. The molecule has 1 aromatic heterocycles. The van der Waals surface area contributed by atoms with E-state index in [1.165, 1.54) is 6.20 Å². The summed E-state index contributed by atoms with van der Waals surface area (Å²) in [5, 5.41) is 12.5. The van der Waals surface area contributed by atoms with Crippen molar-refractivity contribution in [3.05, 3.63) is 11.9 Å². The summed E-state index contributed by atoms with van der Waals surface area (Å²) in [5.41, 5.74) is 5.94. The van der Waals surface area contributed by atoms with Gasteiger partial charge in [0.15, 0.2) is 5.69 Å². The van der Waals surface area contributed by atoms with Gasteiger partial charge in [-0.15, -0.1) is 0 Å². The number of nitrogens with zero attached hydrogens (tertiary/aromatic N) is 1. The maximum Gasteiger partial charge on any atom is 0.293 e. The van der Waals surface area contributed by atoms with Crippen molar-refractivity contribution >= 4 is 18.1 Å². The summed E-state index contributed by atoms with van der Waals surface area (Å²) in [4.78, 5) is 21.3. The molecule has 8 nitrogen and oxygen atoms in total. The first kappa shape index (κ1) is 18.0. The number of nitrogens with one attached hydrogen (secondary N) is 3. The van der Waals surface area contributed by atoms with E-state index in [1.807, 2.05) is 20.8 Å². The SMILES string of the molecule is CC(C)(C)OC=O.Nc1c[nH]nc1C(=O)NC1CCNCC1. The highest BCUT2D eigenvalue weighted by molar-refractivity contribution is 5.97. The molecule has 1 saturated heterocycles. The fourth-order valence-corrected chi connectivity index (χ4v) is 1.85. The van der Waals surface area contributed by atoms with Gasteiger partial charge in [0.1, 0.15) is 5.60 Å². The minimum Gasteiger partial charge on any atom is -0.462 e. The Labute approximate surface area is 130 Å². The van der Waals surface area contributed by atoms with E-state index < -0.39 is 0 Å². The van der Waals surface area contributed by atoms with Crippen LogP contribution in [0.4, 0.5) is 5.69 Å². The Hall–Kier alpha value is -2.09. The molecule has 5 N–H and O–H groups in total. The van der Waals surface area contributed by atoms with E-state index in [0.717, 1.165) is 25.9 Å². The summed E-state index contributed by atoms with van der Waals surface area (Å²) in [6, 6.07) is 0.231. The second-order valence-corrected chi connectivity index (χ2v) is 6.01. The van der Waals surface area contributed by atoms with Gasteiger partial charge in [-0.05, 0) is 46.7 Å². The molecule has 0 saturated carbocycles. The van der Waals surface area contributed by atoms with E-state index in [9.17, 15) is 9.59 Å². The Morgan fingerprint density at radius 2 is 2.09 bits per heavy atom. The van der Waals surface area contributed by atoms with Crippen molar-refractivity contribution in [3.63, 3.8) is 0 Å². The quantitative estimate of drug-likeness (QED) is 0.601. The second-order valence-electron chi connectivity index (χ2n) is 6.01. The van der Waals surface area contributed by atoms with Gasteiger partial charge >= 0.3 is 0 Å². The molecule has 2 heterocycles. The zero-order valence-corrected chi connectivity index (χ0v) is 13.3. The lowest BCUT2D eigenvalue weighted by Crippen LogP contribution is -2.42. The van der Waals surface area contributed by atoms with Crippen molar-refractivity contribution in [3.8, 4) is 0 Å². The van der Waals surface area contributed by atoms with E-state index in [2.05, 4.69) is 25.6 Å². The molecule has 0 atom stereocenters. The van der Waals surface area contributed by atoms with Gasteiger partial charge in [0.25, 0.3) is 12.4 Å². The first-order chi connectivity index (χ1) is 10.3. The number of amides is 1. The van der Waals surface area contributed by atoms with Gasteiger partial charge < -0.3 is 21.1 Å². The van der Waals surface area contributed by atoms with Crippen LogP contribution in [-0.2, 0) is 9.53 Å². The first-order valence-corrected chi connectivity index (χ1v) is 7.26. The van der Waals surface area contributed by atoms with E-state index in [-0.39, 0.29) is 23.2 Å². The summed E-state index contributed by atoms with van der Waals surface area (Å²) in [6.45, 7) is 7.81. The van der Waals surface area contributed by atoms with Gasteiger partial charge in [-0.25, -0.2) is 0 Å². The summed E-state index contributed by atoms with van der Waals surface area (Å²) < 4.78 is 4.55. The van der Waals surface area contributed by atoms with Crippen molar-refractivity contribution in [2.24, 2.45) is 0 Å². The van der Waals surface area contributed by atoms with Gasteiger partial charge in [-0.2, -0.15) is 5.10 Å². The molecule has 0 aromatic carbocycles. The average molecular weight is 311 g/mol. The molecule has 0 unspecified atom stereocenters. The third-order valence-corrected chi connectivity index (χ3v) is 2.96. The van der Waals surface area contributed by atoms with E-state index in [1.54, 1.807) is 0 Å². The lowest BCUT2D eigenvalue weighted by atomic mass is 10.1. The predicted molar refractivity (Wildman–Crippen MR) is 83.3 cm³/mol. The maximum absolute atomic E-state index is 11.7. The van der Waals surface area contributed by atoms with Gasteiger partial charge in [0.05, 0.1) is 5.69 Å².